The molecule has 6 heteroatoms. The van der Waals surface area contributed by atoms with E-state index in [2.05, 4.69) is 5.10 Å². The average Bonchev–Trinajstić information content (AvgIpc) is 1.98. The van der Waals surface area contributed by atoms with Gasteiger partial charge in [-0.25, -0.2) is 4.68 Å². The van der Waals surface area contributed by atoms with Gasteiger partial charge in [-0.05, 0) is 22.6 Å². The van der Waals surface area contributed by atoms with Crippen LogP contribution in [-0.4, -0.2) is 9.78 Å². The number of anilines is 1. The highest BCUT2D eigenvalue weighted by atomic mass is 127. The first-order valence-corrected chi connectivity index (χ1v) is 3.34. The van der Waals surface area contributed by atoms with E-state index in [1.165, 1.54) is 7.05 Å². The fourth-order valence-corrected chi connectivity index (χ4v) is 0.954. The third-order valence-electron chi connectivity index (χ3n) is 0.948. The summed E-state index contributed by atoms with van der Waals surface area (Å²) in [6, 6.07) is 0. The van der Waals surface area contributed by atoms with E-state index in [0.717, 1.165) is 4.68 Å². The Hall–Kier alpha value is -0.0400. The van der Waals surface area contributed by atoms with E-state index in [1.54, 1.807) is 22.6 Å². The van der Waals surface area contributed by atoms with Gasteiger partial charge in [-0.15, -0.1) is 12.4 Å². The van der Waals surface area contributed by atoms with Crippen molar-refractivity contribution < 1.29 is 4.39 Å². The largest absolute Gasteiger partial charge is 0.381 e. The summed E-state index contributed by atoms with van der Waals surface area (Å²) in [4.78, 5) is 0. The van der Waals surface area contributed by atoms with Gasteiger partial charge in [0.05, 0.1) is 0 Å². The maximum Gasteiger partial charge on any atom is 0.226 e. The molecular weight excluding hydrogens is 271 g/mol. The summed E-state index contributed by atoms with van der Waals surface area (Å²) in [5.41, 5.74) is 5.26. The van der Waals surface area contributed by atoms with Crippen molar-refractivity contribution in [3.8, 4) is 0 Å². The third kappa shape index (κ3) is 1.51. The summed E-state index contributed by atoms with van der Waals surface area (Å²) < 4.78 is 14.1. The molecule has 1 aromatic rings. The molecule has 0 fully saturated rings. The van der Waals surface area contributed by atoms with Gasteiger partial charge in [-0.3, -0.25) is 0 Å². The van der Waals surface area contributed by atoms with Crippen LogP contribution in [0.15, 0.2) is 0 Å². The van der Waals surface area contributed by atoms with E-state index in [1.807, 2.05) is 0 Å². The molecule has 0 aliphatic carbocycles. The Morgan fingerprint density at radius 2 is 2.20 bits per heavy atom. The second kappa shape index (κ2) is 3.38. The van der Waals surface area contributed by atoms with Crippen molar-refractivity contribution in [2.45, 2.75) is 0 Å². The fraction of sp³-hybridized carbons (Fsp3) is 0.250. The highest BCUT2D eigenvalue weighted by molar-refractivity contribution is 14.1. The number of hydrogen-bond acceptors (Lipinski definition) is 2. The molecule has 3 nitrogen and oxygen atoms in total. The van der Waals surface area contributed by atoms with Gasteiger partial charge < -0.3 is 5.73 Å². The maximum atomic E-state index is 12.6. The molecule has 0 aliphatic rings. The van der Waals surface area contributed by atoms with Gasteiger partial charge in [0.25, 0.3) is 0 Å². The molecule has 0 unspecified atom stereocenters. The van der Waals surface area contributed by atoms with Gasteiger partial charge in [0.1, 0.15) is 3.57 Å². The van der Waals surface area contributed by atoms with Crippen LogP contribution in [0.3, 0.4) is 0 Å². The molecule has 0 atom stereocenters. The highest BCUT2D eigenvalue weighted by Gasteiger charge is 2.08. The number of aryl methyl sites for hydroxylation is 1. The van der Waals surface area contributed by atoms with E-state index in [-0.39, 0.29) is 24.2 Å². The van der Waals surface area contributed by atoms with Crippen LogP contribution >= 0.6 is 35.0 Å². The predicted molar refractivity (Wildman–Crippen MR) is 47.5 cm³/mol. The third-order valence-corrected chi connectivity index (χ3v) is 1.95. The maximum absolute atomic E-state index is 12.6. The van der Waals surface area contributed by atoms with Crippen molar-refractivity contribution in [3.05, 3.63) is 9.52 Å². The standard InChI is InChI=1S/C4H5FIN3.ClH/c1-9-3(5)2(6)4(7)8-9;/h1H3,(H2,7,8);1H. The number of aromatic nitrogens is 2. The van der Waals surface area contributed by atoms with Gasteiger partial charge in [0, 0.05) is 7.05 Å². The average molecular weight is 277 g/mol. The monoisotopic (exact) mass is 277 g/mol. The minimum atomic E-state index is -0.381. The zero-order valence-corrected chi connectivity index (χ0v) is 8.11. The zero-order chi connectivity index (χ0) is 7.02. The van der Waals surface area contributed by atoms with Crippen molar-refractivity contribution >= 4 is 40.8 Å². The number of hydrogen-bond donors (Lipinski definition) is 1. The Labute approximate surface area is 77.3 Å². The molecule has 2 N–H and O–H groups in total. The quantitative estimate of drug-likeness (QED) is 0.724. The van der Waals surface area contributed by atoms with Crippen LogP contribution in [0.25, 0.3) is 0 Å². The lowest BCUT2D eigenvalue weighted by atomic mass is 10.6. The van der Waals surface area contributed by atoms with Crippen molar-refractivity contribution in [2.75, 3.05) is 5.73 Å². The molecule has 0 aromatic carbocycles. The lowest BCUT2D eigenvalue weighted by molar-refractivity contribution is 0.499. The highest BCUT2D eigenvalue weighted by Crippen LogP contribution is 2.15. The molecule has 58 valence electrons. The topological polar surface area (TPSA) is 43.8 Å². The molecule has 1 rings (SSSR count). The zero-order valence-electron chi connectivity index (χ0n) is 5.14. The molecule has 1 heterocycles. The van der Waals surface area contributed by atoms with Crippen LogP contribution in [-0.2, 0) is 7.05 Å². The van der Waals surface area contributed by atoms with Gasteiger partial charge in [0.15, 0.2) is 5.82 Å². The van der Waals surface area contributed by atoms with Crippen LogP contribution in [0.1, 0.15) is 0 Å². The van der Waals surface area contributed by atoms with E-state index in [4.69, 9.17) is 5.73 Å². The second-order valence-corrected chi connectivity index (χ2v) is 2.69. The fourth-order valence-electron chi connectivity index (χ4n) is 0.497. The normalized spacial score (nSPS) is 9.10. The van der Waals surface area contributed by atoms with Crippen molar-refractivity contribution in [1.82, 2.24) is 9.78 Å². The summed E-state index contributed by atoms with van der Waals surface area (Å²) in [6.07, 6.45) is 0. The van der Waals surface area contributed by atoms with Crippen molar-refractivity contribution in [3.63, 3.8) is 0 Å². The summed E-state index contributed by atoms with van der Waals surface area (Å²) in [5, 5.41) is 3.62. The minimum absolute atomic E-state index is 0. The van der Waals surface area contributed by atoms with Crippen LogP contribution in [0.2, 0.25) is 0 Å². The van der Waals surface area contributed by atoms with Gasteiger partial charge >= 0.3 is 0 Å². The molecule has 1 aromatic heterocycles. The van der Waals surface area contributed by atoms with Gasteiger partial charge in [-0.2, -0.15) is 9.49 Å². The second-order valence-electron chi connectivity index (χ2n) is 1.61. The Balaban J connectivity index is 0.000000810. The predicted octanol–water partition coefficient (Wildman–Crippen LogP) is 1.17. The van der Waals surface area contributed by atoms with E-state index in [9.17, 15) is 4.39 Å². The Morgan fingerprint density at radius 1 is 1.70 bits per heavy atom. The summed E-state index contributed by atoms with van der Waals surface area (Å²) in [5.74, 6) is -0.135. The lowest BCUT2D eigenvalue weighted by Crippen LogP contribution is -1.94. The molecule has 0 saturated heterocycles. The van der Waals surface area contributed by atoms with Gasteiger partial charge in [0.2, 0.25) is 5.95 Å². The molecule has 0 spiro atoms. The molecule has 0 bridgehead atoms. The molecule has 0 amide bonds. The summed E-state index contributed by atoms with van der Waals surface area (Å²) >= 11 is 1.81. The van der Waals surface area contributed by atoms with E-state index < -0.39 is 0 Å². The minimum Gasteiger partial charge on any atom is -0.381 e. The first kappa shape index (κ1) is 9.96. The number of nitrogens with two attached hydrogens (primary N) is 1. The van der Waals surface area contributed by atoms with Crippen LogP contribution in [0, 0.1) is 9.52 Å². The van der Waals surface area contributed by atoms with Crippen molar-refractivity contribution in [1.29, 1.82) is 0 Å². The first-order chi connectivity index (χ1) is 4.13. The molecular formula is C4H6ClFIN3. The van der Waals surface area contributed by atoms with Crippen LogP contribution in [0.4, 0.5) is 10.2 Å². The molecule has 0 aliphatic heterocycles. The van der Waals surface area contributed by atoms with Crippen LogP contribution < -0.4 is 5.73 Å². The number of nitrogen functional groups attached to an aromatic ring is 1. The Bertz CT molecular complexity index is 214. The molecule has 0 radical (unpaired) electrons. The SMILES string of the molecule is Cl.Cn1nc(N)c(I)c1F. The van der Waals surface area contributed by atoms with E-state index >= 15 is 0 Å². The van der Waals surface area contributed by atoms with Crippen molar-refractivity contribution in [2.24, 2.45) is 7.05 Å². The Morgan fingerprint density at radius 3 is 2.30 bits per heavy atom. The first-order valence-electron chi connectivity index (χ1n) is 2.26. The smallest absolute Gasteiger partial charge is 0.226 e. The summed E-state index contributed by atoms with van der Waals surface area (Å²) in [6.45, 7) is 0. The van der Waals surface area contributed by atoms with Gasteiger partial charge in [-0.1, -0.05) is 0 Å². The lowest BCUT2D eigenvalue weighted by Gasteiger charge is -1.84. The molecule has 10 heavy (non-hydrogen) atoms. The number of rotatable bonds is 0. The van der Waals surface area contributed by atoms with Crippen LogP contribution in [0.5, 0.6) is 0 Å². The number of halogens is 3. The molecule has 0 saturated carbocycles. The Kier molecular flexibility index (Phi) is 3.37. The number of nitrogens with zero attached hydrogens (tertiary/aromatic N) is 2. The van der Waals surface area contributed by atoms with E-state index in [0.29, 0.717) is 3.57 Å². The summed E-state index contributed by atoms with van der Waals surface area (Å²) in [7, 11) is 1.51.